The third-order valence-corrected chi connectivity index (χ3v) is 1.13. The van der Waals surface area contributed by atoms with Gasteiger partial charge in [-0.2, -0.15) is 0 Å². The van der Waals surface area contributed by atoms with Gasteiger partial charge in [-0.25, -0.2) is 0 Å². The minimum absolute atomic E-state index is 0.823. The third-order valence-electron chi connectivity index (χ3n) is 0.442. The van der Waals surface area contributed by atoms with E-state index in [-0.39, 0.29) is 0 Å². The lowest BCUT2D eigenvalue weighted by Gasteiger charge is -1.43. The van der Waals surface area contributed by atoms with E-state index in [0.717, 1.165) is 8.58 Å². The second-order valence-electron chi connectivity index (χ2n) is 0.814. The van der Waals surface area contributed by atoms with Crippen molar-refractivity contribution < 1.29 is 0 Å². The SMILES string of the molecule is [C+]1=CC=CP1. The first kappa shape index (κ1) is 3.03. The fourth-order valence-corrected chi connectivity index (χ4v) is 0.722. The third kappa shape index (κ3) is 0.545. The van der Waals surface area contributed by atoms with Gasteiger partial charge in [0.15, 0.2) is 6.08 Å². The van der Waals surface area contributed by atoms with Crippen molar-refractivity contribution in [3.8, 4) is 0 Å². The molecule has 0 N–H and O–H groups in total. The van der Waals surface area contributed by atoms with Gasteiger partial charge in [0.1, 0.15) is 8.58 Å². The average Bonchev–Trinajstić information content (AvgIpc) is 1.76. The van der Waals surface area contributed by atoms with Crippen LogP contribution in [0.15, 0.2) is 18.0 Å². The molecule has 0 aliphatic carbocycles. The van der Waals surface area contributed by atoms with Crippen LogP contribution in [0.3, 0.4) is 0 Å². The molecule has 0 spiro atoms. The number of allylic oxidation sites excluding steroid dienone is 2. The van der Waals surface area contributed by atoms with Crippen molar-refractivity contribution in [2.45, 2.75) is 0 Å². The topological polar surface area (TPSA) is 0 Å². The Morgan fingerprint density at radius 3 is 2.80 bits per heavy atom. The van der Waals surface area contributed by atoms with Gasteiger partial charge in [0.2, 0.25) is 0 Å². The Bertz CT molecular complexity index is 61.7. The van der Waals surface area contributed by atoms with Crippen LogP contribution in [0.5, 0.6) is 0 Å². The summed E-state index contributed by atoms with van der Waals surface area (Å²) in [6.45, 7) is 0. The van der Waals surface area contributed by atoms with Crippen LogP contribution >= 0.6 is 8.58 Å². The molecule has 5 heavy (non-hydrogen) atoms. The van der Waals surface area contributed by atoms with Gasteiger partial charge in [0.25, 0.3) is 0 Å². The highest BCUT2D eigenvalue weighted by Crippen LogP contribution is 2.16. The predicted molar refractivity (Wildman–Crippen MR) is 25.3 cm³/mol. The molecule has 1 heteroatoms. The smallest absolute Gasteiger partial charge is 0.0531 e. The van der Waals surface area contributed by atoms with E-state index in [1.807, 2.05) is 12.2 Å². The molecule has 1 unspecified atom stereocenters. The summed E-state index contributed by atoms with van der Waals surface area (Å²) in [5.74, 6) is 5.11. The first-order valence-corrected chi connectivity index (χ1v) is 2.57. The van der Waals surface area contributed by atoms with Crippen LogP contribution in [0.4, 0.5) is 0 Å². The fourth-order valence-electron chi connectivity index (χ4n) is 0.241. The van der Waals surface area contributed by atoms with Crippen molar-refractivity contribution >= 4 is 8.58 Å². The largest absolute Gasteiger partial charge is 0.158 e. The molecule has 1 rings (SSSR count). The van der Waals surface area contributed by atoms with Gasteiger partial charge in [0, 0.05) is 0 Å². The van der Waals surface area contributed by atoms with E-state index in [1.54, 1.807) is 0 Å². The van der Waals surface area contributed by atoms with Crippen molar-refractivity contribution in [3.63, 3.8) is 0 Å². The van der Waals surface area contributed by atoms with Gasteiger partial charge >= 0.3 is 0 Å². The molecule has 1 atom stereocenters. The Morgan fingerprint density at radius 2 is 2.60 bits per heavy atom. The molecule has 1 aliphatic heterocycles. The predicted octanol–water partition coefficient (Wildman–Crippen LogP) is 1.51. The summed E-state index contributed by atoms with van der Waals surface area (Å²) in [5, 5.41) is 0. The van der Waals surface area contributed by atoms with Crippen LogP contribution in [-0.2, 0) is 0 Å². The lowest BCUT2D eigenvalue weighted by Crippen LogP contribution is -1.22. The van der Waals surface area contributed by atoms with Crippen LogP contribution in [-0.4, -0.2) is 0 Å². The highest BCUT2D eigenvalue weighted by Gasteiger charge is 1.87. The molecule has 0 saturated heterocycles. The molecule has 1 aliphatic rings. The van der Waals surface area contributed by atoms with Crippen molar-refractivity contribution in [1.82, 2.24) is 0 Å². The highest BCUT2D eigenvalue weighted by molar-refractivity contribution is 7.44. The van der Waals surface area contributed by atoms with Gasteiger partial charge in [-0.3, -0.25) is 0 Å². The quantitative estimate of drug-likeness (QED) is 0.307. The van der Waals surface area contributed by atoms with Gasteiger partial charge in [-0.15, -0.1) is 0 Å². The zero-order valence-corrected chi connectivity index (χ0v) is 3.73. The molecule has 0 bridgehead atoms. The summed E-state index contributed by atoms with van der Waals surface area (Å²) < 4.78 is 0. The minimum atomic E-state index is 0.823. The normalized spacial score (nSPS) is 20.8. The second-order valence-corrected chi connectivity index (χ2v) is 1.73. The zero-order chi connectivity index (χ0) is 3.54. The maximum Gasteiger partial charge on any atom is 0.158 e. The Labute approximate surface area is 33.4 Å². The fraction of sp³-hybridized carbons (Fsp3) is 0. The van der Waals surface area contributed by atoms with Gasteiger partial charge in [-0.05, 0) is 0 Å². The van der Waals surface area contributed by atoms with Crippen LogP contribution in [0, 0.1) is 5.82 Å². The van der Waals surface area contributed by atoms with E-state index in [0.29, 0.717) is 0 Å². The summed E-state index contributed by atoms with van der Waals surface area (Å²) in [6, 6.07) is 0. The summed E-state index contributed by atoms with van der Waals surface area (Å²) in [7, 11) is 0.823. The molecule has 1 heterocycles. The Balaban J connectivity index is 2.61. The molecule has 0 aromatic rings. The number of hydrogen-bond donors (Lipinski definition) is 0. The van der Waals surface area contributed by atoms with Crippen LogP contribution in [0.1, 0.15) is 0 Å². The minimum Gasteiger partial charge on any atom is 0.0531 e. The molecule has 0 radical (unpaired) electrons. The van der Waals surface area contributed by atoms with Gasteiger partial charge < -0.3 is 0 Å². The van der Waals surface area contributed by atoms with E-state index in [2.05, 4.69) is 11.6 Å². The lowest BCUT2D eigenvalue weighted by molar-refractivity contribution is 2.11. The second kappa shape index (κ2) is 1.31. The average molecular weight is 83.0 g/mol. The van der Waals surface area contributed by atoms with Crippen LogP contribution < -0.4 is 0 Å². The molecule has 24 valence electrons. The molecule has 0 amide bonds. The van der Waals surface area contributed by atoms with Crippen LogP contribution in [0.25, 0.3) is 0 Å². The summed E-state index contributed by atoms with van der Waals surface area (Å²) >= 11 is 0. The lowest BCUT2D eigenvalue weighted by atomic mass is 10.6. The van der Waals surface area contributed by atoms with Crippen molar-refractivity contribution in [3.05, 3.63) is 23.8 Å². The summed E-state index contributed by atoms with van der Waals surface area (Å²) in [4.78, 5) is 0. The Morgan fingerprint density at radius 1 is 1.60 bits per heavy atom. The van der Waals surface area contributed by atoms with Crippen LogP contribution in [0.2, 0.25) is 0 Å². The maximum atomic E-state index is 3.01. The molecular weight excluding hydrogens is 79.0 g/mol. The van der Waals surface area contributed by atoms with Gasteiger partial charge in [-0.1, -0.05) is 0 Å². The molecule has 0 nitrogen and oxygen atoms in total. The zero-order valence-electron chi connectivity index (χ0n) is 2.73. The van der Waals surface area contributed by atoms with Crippen molar-refractivity contribution in [1.29, 1.82) is 0 Å². The summed E-state index contributed by atoms with van der Waals surface area (Å²) in [5.41, 5.74) is 0. The Hall–Kier alpha value is -0.180. The molecule has 0 aromatic carbocycles. The number of rotatable bonds is 0. The van der Waals surface area contributed by atoms with E-state index < -0.39 is 0 Å². The number of hydrogen-bond acceptors (Lipinski definition) is 0. The maximum absolute atomic E-state index is 3.01. The van der Waals surface area contributed by atoms with Crippen molar-refractivity contribution in [2.75, 3.05) is 0 Å². The van der Waals surface area contributed by atoms with E-state index in [4.69, 9.17) is 0 Å². The Kier molecular flexibility index (Phi) is 0.792. The van der Waals surface area contributed by atoms with E-state index in [1.165, 1.54) is 0 Å². The summed E-state index contributed by atoms with van der Waals surface area (Å²) in [6.07, 6.45) is 3.96. The van der Waals surface area contributed by atoms with Gasteiger partial charge in [0.05, 0.1) is 17.7 Å². The first-order chi connectivity index (χ1) is 2.50. The van der Waals surface area contributed by atoms with Crippen molar-refractivity contribution in [2.24, 2.45) is 0 Å². The van der Waals surface area contributed by atoms with E-state index in [9.17, 15) is 0 Å². The molecule has 0 saturated carbocycles. The molecule has 0 aromatic heterocycles. The standard InChI is InChI=1S/C4H4P/c1-2-4-5-3-1/h1-3,5H/q+1. The highest BCUT2D eigenvalue weighted by atomic mass is 31.1. The molecule has 0 fully saturated rings. The molecular formula is C4H4P+. The first-order valence-electron chi connectivity index (χ1n) is 1.49. The monoisotopic (exact) mass is 83.0 g/mol. The van der Waals surface area contributed by atoms with E-state index >= 15 is 0 Å².